The van der Waals surface area contributed by atoms with Gasteiger partial charge in [0.2, 0.25) is 10.0 Å². The molecule has 0 spiro atoms. The molecular weight excluding hydrogens is 443 g/mol. The van der Waals surface area contributed by atoms with Crippen molar-refractivity contribution in [1.82, 2.24) is 19.3 Å². The molecule has 0 atom stereocenters. The normalized spacial score (nSPS) is 15.9. The van der Waals surface area contributed by atoms with Crippen molar-refractivity contribution in [2.24, 2.45) is 0 Å². The number of fused-ring (bicyclic) bond motifs is 1. The van der Waals surface area contributed by atoms with Gasteiger partial charge in [0.25, 0.3) is 0 Å². The first-order chi connectivity index (χ1) is 15.3. The molecule has 0 radical (unpaired) electrons. The third-order valence-electron chi connectivity index (χ3n) is 5.35. The fourth-order valence-corrected chi connectivity index (χ4v) is 4.81. The molecule has 168 valence electrons. The predicted molar refractivity (Wildman–Crippen MR) is 111 cm³/mol. The summed E-state index contributed by atoms with van der Waals surface area (Å²) < 4.78 is 76.5. The number of alkyl halides is 3. The first-order valence-electron chi connectivity index (χ1n) is 10.3. The Hall–Kier alpha value is -2.97. The molecule has 3 aromatic heterocycles. The highest BCUT2D eigenvalue weighted by atomic mass is 32.2. The van der Waals surface area contributed by atoms with Gasteiger partial charge in [-0.3, -0.25) is 4.98 Å². The quantitative estimate of drug-likeness (QED) is 0.603. The summed E-state index contributed by atoms with van der Waals surface area (Å²) >= 11 is 0. The first kappa shape index (κ1) is 20.9. The molecule has 3 aromatic rings. The molecule has 0 aliphatic heterocycles. The minimum Gasteiger partial charge on any atom is -0.320 e. The van der Waals surface area contributed by atoms with Crippen LogP contribution in [0.25, 0.3) is 22.4 Å². The molecule has 1 aliphatic carbocycles. The highest BCUT2D eigenvalue weighted by Crippen LogP contribution is 2.42. The van der Waals surface area contributed by atoms with Gasteiger partial charge in [-0.2, -0.15) is 18.4 Å². The van der Waals surface area contributed by atoms with Crippen LogP contribution in [0.15, 0.2) is 35.5 Å². The van der Waals surface area contributed by atoms with Gasteiger partial charge >= 0.3 is 6.18 Å². The zero-order valence-electron chi connectivity index (χ0n) is 18.2. The molecule has 1 saturated carbocycles. The molecule has 0 bridgehead atoms. The van der Waals surface area contributed by atoms with Gasteiger partial charge in [-0.25, -0.2) is 18.1 Å². The molecule has 3 heterocycles. The Bertz CT molecular complexity index is 1370. The number of nitriles is 1. The number of hydrogen-bond donors (Lipinski definition) is 1. The van der Waals surface area contributed by atoms with Crippen LogP contribution in [0.3, 0.4) is 0 Å². The van der Waals surface area contributed by atoms with Crippen molar-refractivity contribution in [2.45, 2.75) is 56.2 Å². The number of halogens is 3. The Labute approximate surface area is 184 Å². The largest absolute Gasteiger partial charge is 0.417 e. The molecular formula is C21H20F3N5O2S. The maximum absolute atomic E-state index is 13.3. The molecule has 1 fully saturated rings. The Morgan fingerprint density at radius 1 is 1.28 bits per heavy atom. The smallest absolute Gasteiger partial charge is 0.320 e. The average Bonchev–Trinajstić information content (AvgIpc) is 2.97. The lowest BCUT2D eigenvalue weighted by Crippen LogP contribution is -2.30. The molecule has 0 saturated heterocycles. The van der Waals surface area contributed by atoms with E-state index >= 15 is 0 Å². The van der Waals surface area contributed by atoms with E-state index in [1.165, 1.54) is 26.0 Å². The van der Waals surface area contributed by atoms with Crippen molar-refractivity contribution in [3.05, 3.63) is 41.7 Å². The lowest BCUT2D eigenvalue weighted by atomic mass is 9.92. The minimum atomic E-state index is -4.61. The number of sulfonamides is 1. The van der Waals surface area contributed by atoms with Gasteiger partial charge in [-0.1, -0.05) is 0 Å². The molecule has 32 heavy (non-hydrogen) atoms. The van der Waals surface area contributed by atoms with E-state index in [-0.39, 0.29) is 33.2 Å². The average molecular weight is 464 g/mol. The summed E-state index contributed by atoms with van der Waals surface area (Å²) in [7, 11) is -4.01. The van der Waals surface area contributed by atoms with Gasteiger partial charge in [0.15, 0.2) is 0 Å². The number of nitrogens with one attached hydrogen (secondary N) is 1. The standard InChI is InChI=1S/C21H20F3N5O2S/c1-12(2)28-32(30,31)15-6-7-18(26-11-15)19-17(9-25)16-8-13(21(22,23)24)10-27-20(16)29(19)14-4-3-5-14/h6-8,10-12,14,28H,3-5H2,1-2H3/i12D. The van der Waals surface area contributed by atoms with Crippen molar-refractivity contribution >= 4 is 21.1 Å². The van der Waals surface area contributed by atoms with E-state index in [0.717, 1.165) is 37.7 Å². The van der Waals surface area contributed by atoms with E-state index in [4.69, 9.17) is 1.37 Å². The lowest BCUT2D eigenvalue weighted by molar-refractivity contribution is -0.137. The van der Waals surface area contributed by atoms with Gasteiger partial charge < -0.3 is 4.57 Å². The summed E-state index contributed by atoms with van der Waals surface area (Å²) in [4.78, 5) is 8.09. The van der Waals surface area contributed by atoms with Crippen molar-refractivity contribution < 1.29 is 23.0 Å². The summed E-state index contributed by atoms with van der Waals surface area (Å²) in [6.07, 6.45) is -0.272. The Kier molecular flexibility index (Phi) is 5.14. The molecule has 1 N–H and O–H groups in total. The molecule has 7 nitrogen and oxygen atoms in total. The summed E-state index contributed by atoms with van der Waals surface area (Å²) in [5, 5.41) is 9.92. The second-order valence-electron chi connectivity index (χ2n) is 7.87. The number of aromatic nitrogens is 3. The highest BCUT2D eigenvalue weighted by molar-refractivity contribution is 7.89. The van der Waals surface area contributed by atoms with Gasteiger partial charge in [-0.05, 0) is 51.3 Å². The van der Waals surface area contributed by atoms with Crippen molar-refractivity contribution in [2.75, 3.05) is 0 Å². The lowest BCUT2D eigenvalue weighted by Gasteiger charge is -2.29. The van der Waals surface area contributed by atoms with Crippen LogP contribution >= 0.6 is 0 Å². The zero-order valence-corrected chi connectivity index (χ0v) is 18.0. The van der Waals surface area contributed by atoms with E-state index in [2.05, 4.69) is 14.7 Å². The monoisotopic (exact) mass is 464 g/mol. The second-order valence-corrected chi connectivity index (χ2v) is 9.55. The van der Waals surface area contributed by atoms with Crippen molar-refractivity contribution in [1.29, 1.82) is 5.26 Å². The van der Waals surface area contributed by atoms with E-state index in [9.17, 15) is 26.9 Å². The summed E-state index contributed by atoms with van der Waals surface area (Å²) in [6.45, 7) is 2.76. The number of hydrogen-bond acceptors (Lipinski definition) is 5. The Morgan fingerprint density at radius 2 is 2.00 bits per heavy atom. The molecule has 11 heteroatoms. The Balaban J connectivity index is 1.89. The molecule has 4 rings (SSSR count). The second kappa shape index (κ2) is 7.86. The van der Waals surface area contributed by atoms with E-state index in [0.29, 0.717) is 5.69 Å². The maximum Gasteiger partial charge on any atom is 0.417 e. The van der Waals surface area contributed by atoms with Gasteiger partial charge in [0.05, 0.1) is 22.5 Å². The fraction of sp³-hybridized carbons (Fsp3) is 0.381. The third kappa shape index (κ3) is 3.84. The summed E-state index contributed by atoms with van der Waals surface area (Å²) in [6, 6.07) is 4.11. The zero-order chi connectivity index (χ0) is 24.2. The van der Waals surface area contributed by atoms with Crippen LogP contribution in [0.4, 0.5) is 13.2 Å². The van der Waals surface area contributed by atoms with Crippen LogP contribution in [-0.4, -0.2) is 29.0 Å². The van der Waals surface area contributed by atoms with Crippen molar-refractivity contribution in [3.63, 3.8) is 0 Å². The van der Waals surface area contributed by atoms with E-state index in [1.54, 1.807) is 4.57 Å². The summed E-state index contributed by atoms with van der Waals surface area (Å²) in [5.41, 5.74) is -0.141. The van der Waals surface area contributed by atoms with Crippen LogP contribution in [-0.2, 0) is 16.2 Å². The van der Waals surface area contributed by atoms with Crippen LogP contribution in [0, 0.1) is 11.3 Å². The highest BCUT2D eigenvalue weighted by Gasteiger charge is 2.34. The van der Waals surface area contributed by atoms with Crippen LogP contribution < -0.4 is 4.72 Å². The van der Waals surface area contributed by atoms with Gasteiger partial charge in [-0.15, -0.1) is 0 Å². The van der Waals surface area contributed by atoms with Gasteiger partial charge in [0, 0.05) is 31.2 Å². The van der Waals surface area contributed by atoms with Crippen LogP contribution in [0.2, 0.25) is 0 Å². The first-order valence-corrected chi connectivity index (χ1v) is 11.3. The number of rotatable bonds is 5. The fourth-order valence-electron chi connectivity index (χ4n) is 3.71. The van der Waals surface area contributed by atoms with Crippen LogP contribution in [0.1, 0.15) is 51.6 Å². The van der Waals surface area contributed by atoms with Gasteiger partial charge in [0.1, 0.15) is 16.6 Å². The molecule has 0 aromatic carbocycles. The number of nitrogens with zero attached hydrogens (tertiary/aromatic N) is 4. The van der Waals surface area contributed by atoms with Crippen LogP contribution in [0.5, 0.6) is 0 Å². The number of pyridine rings is 2. The topological polar surface area (TPSA) is 101 Å². The predicted octanol–water partition coefficient (Wildman–Crippen LogP) is 4.40. The van der Waals surface area contributed by atoms with E-state index in [1.807, 2.05) is 6.07 Å². The molecule has 0 unspecified atom stereocenters. The molecule has 0 amide bonds. The molecule has 1 aliphatic rings. The van der Waals surface area contributed by atoms with E-state index < -0.39 is 27.8 Å². The van der Waals surface area contributed by atoms with Crippen molar-refractivity contribution in [3.8, 4) is 17.5 Å². The third-order valence-corrected chi connectivity index (χ3v) is 6.89. The minimum absolute atomic E-state index is 0.00373. The maximum atomic E-state index is 13.3. The Morgan fingerprint density at radius 3 is 2.50 bits per heavy atom. The SMILES string of the molecule is [2H]C(C)(C)NS(=O)(=O)c1ccc(-c2c(C#N)c3cc(C(F)(F)F)cnc3n2C2CCC2)nc1. The summed E-state index contributed by atoms with van der Waals surface area (Å²) in [5.74, 6) is 0.